The first kappa shape index (κ1) is 24.6. The van der Waals surface area contributed by atoms with Gasteiger partial charge in [-0.2, -0.15) is 10.2 Å². The third-order valence-electron chi connectivity index (χ3n) is 6.88. The van der Waals surface area contributed by atoms with E-state index in [0.29, 0.717) is 11.7 Å². The van der Waals surface area contributed by atoms with Crippen molar-refractivity contribution in [2.45, 2.75) is 58.4 Å². The van der Waals surface area contributed by atoms with Crippen LogP contribution in [0.5, 0.6) is 0 Å². The molecule has 0 aromatic carbocycles. The maximum Gasteiger partial charge on any atom is 0.223 e. The Morgan fingerprint density at radius 3 is 2.57 bits per heavy atom. The number of aromatic nitrogens is 6. The third-order valence-corrected chi connectivity index (χ3v) is 6.88. The predicted molar refractivity (Wildman–Crippen MR) is 138 cm³/mol. The number of carbonyl (C=O) groups excluding carboxylic acids is 1. The van der Waals surface area contributed by atoms with Crippen LogP contribution in [0, 0.1) is 25.6 Å². The molecule has 192 valence electrons. The number of anilines is 2. The van der Waals surface area contributed by atoms with E-state index in [0.717, 1.165) is 66.0 Å². The summed E-state index contributed by atoms with van der Waals surface area (Å²) >= 11 is 0. The van der Waals surface area contributed by atoms with E-state index >= 15 is 0 Å². The summed E-state index contributed by atoms with van der Waals surface area (Å²) in [7, 11) is 0. The molecule has 10 heteroatoms. The van der Waals surface area contributed by atoms with E-state index in [1.54, 1.807) is 12.3 Å². The number of aryl methyl sites for hydroxylation is 2. The molecule has 37 heavy (non-hydrogen) atoms. The second kappa shape index (κ2) is 10.5. The van der Waals surface area contributed by atoms with Crippen LogP contribution < -0.4 is 10.6 Å². The summed E-state index contributed by atoms with van der Waals surface area (Å²) in [6.45, 7) is 5.97. The summed E-state index contributed by atoms with van der Waals surface area (Å²) in [6, 6.07) is 9.56. The summed E-state index contributed by atoms with van der Waals surface area (Å²) < 4.78 is 14.6. The Morgan fingerprint density at radius 1 is 1.11 bits per heavy atom. The zero-order valence-corrected chi connectivity index (χ0v) is 21.2. The number of amides is 1. The fourth-order valence-electron chi connectivity index (χ4n) is 4.86. The molecule has 0 aliphatic heterocycles. The van der Waals surface area contributed by atoms with Crippen molar-refractivity contribution < 1.29 is 9.18 Å². The Balaban J connectivity index is 1.16. The number of halogens is 1. The molecule has 4 aromatic rings. The van der Waals surface area contributed by atoms with Gasteiger partial charge in [0, 0.05) is 35.5 Å². The molecular formula is C27H31FN8O. The molecule has 5 rings (SSSR count). The molecular weight excluding hydrogens is 471 g/mol. The fourth-order valence-corrected chi connectivity index (χ4v) is 4.86. The highest BCUT2D eigenvalue weighted by Gasteiger charge is 2.29. The maximum absolute atomic E-state index is 13.2. The van der Waals surface area contributed by atoms with Crippen LogP contribution in [0.1, 0.15) is 67.1 Å². The number of hydrogen-bond acceptors (Lipinski definition) is 6. The molecule has 0 bridgehead atoms. The van der Waals surface area contributed by atoms with Crippen LogP contribution in [0.15, 0.2) is 48.9 Å². The first-order chi connectivity index (χ1) is 17.8. The van der Waals surface area contributed by atoms with Gasteiger partial charge < -0.3 is 10.6 Å². The predicted octanol–water partition coefficient (Wildman–Crippen LogP) is 5.04. The highest BCUT2D eigenvalue weighted by molar-refractivity contribution is 5.79. The Bertz CT molecular complexity index is 1370. The van der Waals surface area contributed by atoms with Crippen LogP contribution in [-0.2, 0) is 4.79 Å². The molecule has 0 unspecified atom stereocenters. The van der Waals surface area contributed by atoms with E-state index < -0.39 is 5.82 Å². The molecule has 1 aliphatic carbocycles. The summed E-state index contributed by atoms with van der Waals surface area (Å²) in [4.78, 5) is 22.2. The van der Waals surface area contributed by atoms with Gasteiger partial charge in [-0.1, -0.05) is 6.07 Å². The summed E-state index contributed by atoms with van der Waals surface area (Å²) in [5.41, 5.74) is 4.07. The SMILES string of the molecule is Cc1cc(Nc2cc(C)[nH]n2)nc(C2CCC(C(=O)N[C@@H](C)c3ccc(-n4cc(F)cn4)nc3)CC2)c1. The molecule has 4 heterocycles. The quantitative estimate of drug-likeness (QED) is 0.326. The van der Waals surface area contributed by atoms with Crippen molar-refractivity contribution in [2.75, 3.05) is 5.32 Å². The first-order valence-corrected chi connectivity index (χ1v) is 12.6. The second-order valence-electron chi connectivity index (χ2n) is 9.85. The number of hydrogen-bond donors (Lipinski definition) is 3. The minimum atomic E-state index is -0.416. The summed E-state index contributed by atoms with van der Waals surface area (Å²) in [5, 5.41) is 17.5. The largest absolute Gasteiger partial charge is 0.349 e. The van der Waals surface area contributed by atoms with Gasteiger partial charge in [0.2, 0.25) is 5.91 Å². The van der Waals surface area contributed by atoms with Gasteiger partial charge in [-0.3, -0.25) is 9.89 Å². The zero-order chi connectivity index (χ0) is 25.9. The molecule has 0 saturated heterocycles. The monoisotopic (exact) mass is 502 g/mol. The van der Waals surface area contributed by atoms with Crippen molar-refractivity contribution in [3.05, 3.63) is 77.3 Å². The van der Waals surface area contributed by atoms with Gasteiger partial charge in [-0.25, -0.2) is 19.0 Å². The van der Waals surface area contributed by atoms with E-state index in [-0.39, 0.29) is 17.9 Å². The Morgan fingerprint density at radius 2 is 1.92 bits per heavy atom. The maximum atomic E-state index is 13.2. The van der Waals surface area contributed by atoms with Gasteiger partial charge in [0.1, 0.15) is 5.82 Å². The van der Waals surface area contributed by atoms with Gasteiger partial charge in [0.05, 0.1) is 18.4 Å². The van der Waals surface area contributed by atoms with Crippen LogP contribution in [0.4, 0.5) is 16.0 Å². The molecule has 1 atom stereocenters. The molecule has 1 saturated carbocycles. The molecule has 0 radical (unpaired) electrons. The van der Waals surface area contributed by atoms with Gasteiger partial charge in [0.15, 0.2) is 17.5 Å². The minimum Gasteiger partial charge on any atom is -0.349 e. The molecule has 1 amide bonds. The smallest absolute Gasteiger partial charge is 0.223 e. The molecule has 9 nitrogen and oxygen atoms in total. The average molecular weight is 503 g/mol. The van der Waals surface area contributed by atoms with Crippen molar-refractivity contribution in [3.63, 3.8) is 0 Å². The number of aromatic amines is 1. The highest BCUT2D eigenvalue weighted by atomic mass is 19.1. The number of nitrogens with one attached hydrogen (secondary N) is 3. The lowest BCUT2D eigenvalue weighted by molar-refractivity contribution is -0.126. The lowest BCUT2D eigenvalue weighted by atomic mass is 9.79. The van der Waals surface area contributed by atoms with E-state index in [2.05, 4.69) is 43.9 Å². The lowest BCUT2D eigenvalue weighted by Crippen LogP contribution is -2.34. The zero-order valence-electron chi connectivity index (χ0n) is 21.2. The van der Waals surface area contributed by atoms with E-state index in [9.17, 15) is 9.18 Å². The van der Waals surface area contributed by atoms with Crippen molar-refractivity contribution in [2.24, 2.45) is 5.92 Å². The number of H-pyrrole nitrogens is 1. The Labute approximate surface area is 214 Å². The molecule has 1 fully saturated rings. The highest BCUT2D eigenvalue weighted by Crippen LogP contribution is 2.36. The van der Waals surface area contributed by atoms with Crippen LogP contribution in [0.2, 0.25) is 0 Å². The third kappa shape index (κ3) is 5.84. The number of nitrogens with zero attached hydrogens (tertiary/aromatic N) is 5. The Kier molecular flexibility index (Phi) is 6.98. The van der Waals surface area contributed by atoms with Gasteiger partial charge in [0.25, 0.3) is 0 Å². The lowest BCUT2D eigenvalue weighted by Gasteiger charge is -2.29. The van der Waals surface area contributed by atoms with Crippen LogP contribution >= 0.6 is 0 Å². The molecule has 3 N–H and O–H groups in total. The van der Waals surface area contributed by atoms with E-state index in [1.807, 2.05) is 32.0 Å². The molecule has 1 aliphatic rings. The minimum absolute atomic E-state index is 0.0209. The number of pyridine rings is 2. The van der Waals surface area contributed by atoms with Crippen LogP contribution in [0.3, 0.4) is 0 Å². The summed E-state index contributed by atoms with van der Waals surface area (Å²) in [6.07, 6.45) is 7.58. The van der Waals surface area contributed by atoms with E-state index in [1.165, 1.54) is 10.9 Å². The van der Waals surface area contributed by atoms with Crippen molar-refractivity contribution in [1.82, 2.24) is 35.3 Å². The van der Waals surface area contributed by atoms with Crippen molar-refractivity contribution in [1.29, 1.82) is 0 Å². The van der Waals surface area contributed by atoms with Gasteiger partial charge in [-0.05, 0) is 75.8 Å². The van der Waals surface area contributed by atoms with Crippen molar-refractivity contribution >= 4 is 17.5 Å². The normalized spacial score (nSPS) is 18.4. The van der Waals surface area contributed by atoms with Crippen molar-refractivity contribution in [3.8, 4) is 5.82 Å². The first-order valence-electron chi connectivity index (χ1n) is 12.6. The Hall–Kier alpha value is -4.08. The van der Waals surface area contributed by atoms with E-state index in [4.69, 9.17) is 4.98 Å². The van der Waals surface area contributed by atoms with Crippen LogP contribution in [-0.4, -0.2) is 35.9 Å². The van der Waals surface area contributed by atoms with Gasteiger partial charge in [-0.15, -0.1) is 0 Å². The van der Waals surface area contributed by atoms with Crippen LogP contribution in [0.25, 0.3) is 5.82 Å². The van der Waals surface area contributed by atoms with Gasteiger partial charge >= 0.3 is 0 Å². The molecule has 4 aromatic heterocycles. The number of carbonyl (C=O) groups is 1. The standard InChI is InChI=1S/C27H31FN8O/c1-16-10-23(32-24(11-16)33-25-12-17(2)34-35-25)19-4-6-20(7-5-19)27(37)31-18(3)21-8-9-26(29-13-21)36-15-22(28)14-30-36/h8-15,18-20H,4-7H2,1-3H3,(H,31,37)(H2,32,33,34,35)/t18-,19?,20?/m0/s1. The summed E-state index contributed by atoms with van der Waals surface area (Å²) in [5.74, 6) is 2.01. The average Bonchev–Trinajstić information content (AvgIpc) is 3.51. The fraction of sp³-hybridized carbons (Fsp3) is 0.370. The topological polar surface area (TPSA) is 113 Å². The molecule has 0 spiro atoms. The second-order valence-corrected chi connectivity index (χ2v) is 9.85. The number of rotatable bonds is 7.